The van der Waals surface area contributed by atoms with Crippen LogP contribution in [0, 0.1) is 0 Å². The summed E-state index contributed by atoms with van der Waals surface area (Å²) in [7, 11) is -9.46. The van der Waals surface area contributed by atoms with Gasteiger partial charge in [-0.15, -0.1) is 11.3 Å². The fourth-order valence-corrected chi connectivity index (χ4v) is 4.01. The van der Waals surface area contributed by atoms with Gasteiger partial charge in [-0.2, -0.15) is 0 Å². The molecule has 0 spiro atoms. The monoisotopic (exact) mass is 288 g/mol. The molecule has 0 aromatic carbocycles. The molecule has 0 bridgehead atoms. The van der Waals surface area contributed by atoms with E-state index in [2.05, 4.69) is 15.9 Å². The van der Waals surface area contributed by atoms with Crippen LogP contribution in [0.2, 0.25) is 0 Å². The maximum absolute atomic E-state index is 12.0. The fraction of sp³-hybridized carbons (Fsp3) is 0. The van der Waals surface area contributed by atoms with Gasteiger partial charge in [0, 0.05) is 10.8 Å². The van der Waals surface area contributed by atoms with Crippen LogP contribution in [0.1, 0.15) is 0 Å². The van der Waals surface area contributed by atoms with Gasteiger partial charge in [0.15, 0.2) is 0 Å². The van der Waals surface area contributed by atoms with Crippen molar-refractivity contribution < 1.29 is 19.4 Å². The standard InChI is InChI=1S/C4H2BrF5S2/c5-3-1-11-2-4(3)12(6,7,8,9)10/h1-2H. The average molecular weight is 289 g/mol. The van der Waals surface area contributed by atoms with Crippen molar-refractivity contribution in [3.05, 3.63) is 15.2 Å². The molecule has 12 heavy (non-hydrogen) atoms. The van der Waals surface area contributed by atoms with Crippen molar-refractivity contribution >= 4 is 37.5 Å². The lowest BCUT2D eigenvalue weighted by molar-refractivity contribution is 0.364. The molecule has 1 aromatic heterocycles. The van der Waals surface area contributed by atoms with Gasteiger partial charge in [0.05, 0.1) is 4.47 Å². The summed E-state index contributed by atoms with van der Waals surface area (Å²) in [5, 5.41) is 1.36. The third-order valence-corrected chi connectivity index (χ3v) is 4.28. The summed E-state index contributed by atoms with van der Waals surface area (Å²) >= 11 is 2.99. The molecule has 0 nitrogen and oxygen atoms in total. The number of thiophene rings is 1. The van der Waals surface area contributed by atoms with E-state index in [9.17, 15) is 19.4 Å². The maximum Gasteiger partial charge on any atom is 0.312 e. The molecule has 0 aliphatic carbocycles. The highest BCUT2D eigenvalue weighted by molar-refractivity contribution is 9.10. The second-order valence-electron chi connectivity index (χ2n) is 2.05. The second-order valence-corrected chi connectivity index (χ2v) is 6.03. The molecule has 0 N–H and O–H groups in total. The van der Waals surface area contributed by atoms with Gasteiger partial charge < -0.3 is 0 Å². The van der Waals surface area contributed by atoms with Gasteiger partial charge in [-0.05, 0) is 15.9 Å². The lowest BCUT2D eigenvalue weighted by atomic mass is 10.7. The molecule has 0 aliphatic heterocycles. The maximum atomic E-state index is 12.0. The molecule has 0 fully saturated rings. The third-order valence-electron chi connectivity index (χ3n) is 0.998. The van der Waals surface area contributed by atoms with Gasteiger partial charge >= 0.3 is 10.2 Å². The van der Waals surface area contributed by atoms with E-state index in [0.29, 0.717) is 16.7 Å². The zero-order valence-electron chi connectivity index (χ0n) is 5.24. The Balaban J connectivity index is 3.44. The van der Waals surface area contributed by atoms with Crippen LogP contribution in [0.4, 0.5) is 19.4 Å². The zero-order valence-corrected chi connectivity index (χ0v) is 8.46. The first-order valence-electron chi connectivity index (χ1n) is 2.46. The van der Waals surface area contributed by atoms with Crippen LogP contribution in [0.5, 0.6) is 0 Å². The van der Waals surface area contributed by atoms with E-state index in [1.54, 1.807) is 0 Å². The lowest BCUT2D eigenvalue weighted by Crippen LogP contribution is -2.04. The molecule has 0 saturated carbocycles. The minimum Gasteiger partial charge on any atom is -0.150 e. The van der Waals surface area contributed by atoms with Crippen molar-refractivity contribution in [1.82, 2.24) is 0 Å². The quantitative estimate of drug-likeness (QED) is 0.626. The first-order chi connectivity index (χ1) is 5.00. The van der Waals surface area contributed by atoms with E-state index in [-0.39, 0.29) is 0 Å². The van der Waals surface area contributed by atoms with Gasteiger partial charge in [-0.3, -0.25) is 0 Å². The summed E-state index contributed by atoms with van der Waals surface area (Å²) in [5.74, 6) is 0. The van der Waals surface area contributed by atoms with Gasteiger partial charge in [0.2, 0.25) is 0 Å². The highest BCUT2D eigenvalue weighted by atomic mass is 79.9. The summed E-state index contributed by atoms with van der Waals surface area (Å²) < 4.78 is 59.5. The van der Waals surface area contributed by atoms with Crippen LogP contribution in [0.3, 0.4) is 0 Å². The van der Waals surface area contributed by atoms with E-state index in [4.69, 9.17) is 0 Å². The van der Waals surface area contributed by atoms with Gasteiger partial charge in [-0.25, -0.2) is 0 Å². The molecular weight excluding hydrogens is 287 g/mol. The molecule has 72 valence electrons. The Bertz CT molecular complexity index is 310. The largest absolute Gasteiger partial charge is 0.312 e. The number of halogens is 6. The third kappa shape index (κ3) is 2.11. The molecular formula is C4H2BrF5S2. The van der Waals surface area contributed by atoms with Crippen LogP contribution in [0.15, 0.2) is 20.1 Å². The van der Waals surface area contributed by atoms with Crippen LogP contribution < -0.4 is 0 Å². The summed E-state index contributed by atoms with van der Waals surface area (Å²) in [6, 6.07) is 0. The number of hydrogen-bond donors (Lipinski definition) is 0. The van der Waals surface area contributed by atoms with Crippen LogP contribution in [-0.2, 0) is 0 Å². The Morgan fingerprint density at radius 1 is 1.08 bits per heavy atom. The molecule has 0 saturated heterocycles. The lowest BCUT2D eigenvalue weighted by Gasteiger charge is -2.39. The Hall–Kier alpha value is 0.180. The normalized spacial score (nSPS) is 18.5. The molecule has 8 heteroatoms. The summed E-state index contributed by atoms with van der Waals surface area (Å²) in [5.41, 5.74) is 0. The van der Waals surface area contributed by atoms with Crippen LogP contribution in [0.25, 0.3) is 0 Å². The zero-order chi connectivity index (χ0) is 9.68. The van der Waals surface area contributed by atoms with Crippen molar-refractivity contribution in [2.24, 2.45) is 0 Å². The van der Waals surface area contributed by atoms with Gasteiger partial charge in [0.25, 0.3) is 0 Å². The smallest absolute Gasteiger partial charge is 0.150 e. The minimum atomic E-state index is -9.46. The molecule has 0 atom stereocenters. The Morgan fingerprint density at radius 2 is 1.58 bits per heavy atom. The molecule has 1 rings (SSSR count). The average Bonchev–Trinajstić information content (AvgIpc) is 2.06. The highest BCUT2D eigenvalue weighted by Gasteiger charge is 2.66. The number of rotatable bonds is 1. The number of hydrogen-bond acceptors (Lipinski definition) is 1. The second kappa shape index (κ2) is 1.98. The van der Waals surface area contributed by atoms with Crippen molar-refractivity contribution in [3.8, 4) is 0 Å². The van der Waals surface area contributed by atoms with Gasteiger partial charge in [0.1, 0.15) is 4.90 Å². The summed E-state index contributed by atoms with van der Waals surface area (Å²) in [6.45, 7) is 0. The van der Waals surface area contributed by atoms with Crippen molar-refractivity contribution in [3.63, 3.8) is 0 Å². The Morgan fingerprint density at radius 3 is 1.75 bits per heavy atom. The van der Waals surface area contributed by atoms with E-state index in [1.807, 2.05) is 0 Å². The van der Waals surface area contributed by atoms with Crippen LogP contribution >= 0.6 is 37.5 Å². The van der Waals surface area contributed by atoms with E-state index < -0.39 is 19.6 Å². The Labute approximate surface area is 77.2 Å². The SMILES string of the molecule is FS(F)(F)(F)(F)c1cscc1Br. The van der Waals surface area contributed by atoms with E-state index >= 15 is 0 Å². The Kier molecular flexibility index (Phi) is 1.69. The topological polar surface area (TPSA) is 0 Å². The van der Waals surface area contributed by atoms with E-state index in [0.717, 1.165) is 5.38 Å². The van der Waals surface area contributed by atoms with E-state index in [1.165, 1.54) is 0 Å². The summed E-state index contributed by atoms with van der Waals surface area (Å²) in [4.78, 5) is -1.85. The molecule has 1 aromatic rings. The van der Waals surface area contributed by atoms with Gasteiger partial charge in [-0.1, -0.05) is 19.4 Å². The summed E-state index contributed by atoms with van der Waals surface area (Å²) in [6.07, 6.45) is 0. The molecule has 1 heterocycles. The molecule has 0 aliphatic rings. The van der Waals surface area contributed by atoms with Crippen molar-refractivity contribution in [1.29, 1.82) is 0 Å². The first-order valence-corrected chi connectivity index (χ1v) is 6.15. The predicted molar refractivity (Wildman–Crippen MR) is 43.4 cm³/mol. The van der Waals surface area contributed by atoms with Crippen molar-refractivity contribution in [2.75, 3.05) is 0 Å². The fourth-order valence-electron chi connectivity index (χ4n) is 0.545. The van der Waals surface area contributed by atoms with Crippen molar-refractivity contribution in [2.45, 2.75) is 4.90 Å². The molecule has 0 amide bonds. The first kappa shape index (κ1) is 10.3. The molecule has 0 radical (unpaired) electrons. The molecule has 0 unspecified atom stereocenters. The van der Waals surface area contributed by atoms with Crippen LogP contribution in [-0.4, -0.2) is 0 Å². The minimum absolute atomic E-state index is 0.394. The predicted octanol–water partition coefficient (Wildman–Crippen LogP) is 5.17. The highest BCUT2D eigenvalue weighted by Crippen LogP contribution is 3.02.